The van der Waals surface area contributed by atoms with Crippen molar-refractivity contribution < 1.29 is 4.74 Å². The van der Waals surface area contributed by atoms with Crippen molar-refractivity contribution in [3.05, 3.63) is 0 Å². The molecule has 2 nitrogen and oxygen atoms in total. The van der Waals surface area contributed by atoms with Gasteiger partial charge in [0.2, 0.25) is 0 Å². The highest BCUT2D eigenvalue weighted by atomic mass is 16.5. The monoisotopic (exact) mass is 269 g/mol. The molecule has 0 amide bonds. The van der Waals surface area contributed by atoms with Crippen LogP contribution in [0.25, 0.3) is 0 Å². The largest absolute Gasteiger partial charge is 0.374 e. The molecule has 1 N–H and O–H groups in total. The van der Waals surface area contributed by atoms with Gasteiger partial charge < -0.3 is 10.1 Å². The zero-order valence-corrected chi connectivity index (χ0v) is 13.6. The van der Waals surface area contributed by atoms with Crippen molar-refractivity contribution in [1.82, 2.24) is 5.32 Å². The first-order valence-corrected chi connectivity index (χ1v) is 8.49. The number of rotatable bonds is 9. The Hall–Kier alpha value is -0.0800. The summed E-state index contributed by atoms with van der Waals surface area (Å²) in [6.45, 7) is 7.65. The standard InChI is InChI=1S/C17H35NO/c1-5-7-8-9-12-16(18-4)17(19-6-2)13-10-11-15(3)14-17/h15-16,18H,5-14H2,1-4H3. The predicted molar refractivity (Wildman–Crippen MR) is 83.6 cm³/mol. The summed E-state index contributed by atoms with van der Waals surface area (Å²) in [5.41, 5.74) is 0.105. The van der Waals surface area contributed by atoms with E-state index in [0.717, 1.165) is 12.5 Å². The zero-order valence-electron chi connectivity index (χ0n) is 13.6. The molecule has 0 aromatic rings. The molecular formula is C17H35NO. The summed E-state index contributed by atoms with van der Waals surface area (Å²) >= 11 is 0. The van der Waals surface area contributed by atoms with Crippen molar-refractivity contribution in [3.63, 3.8) is 0 Å². The fourth-order valence-electron chi connectivity index (χ4n) is 3.83. The number of likely N-dealkylation sites (N-methyl/N-ethyl adjacent to an activating group) is 1. The Morgan fingerprint density at radius 1 is 1.26 bits per heavy atom. The first kappa shape index (κ1) is 17.0. The van der Waals surface area contributed by atoms with Crippen molar-refractivity contribution in [3.8, 4) is 0 Å². The highest BCUT2D eigenvalue weighted by Crippen LogP contribution is 2.39. The number of ether oxygens (including phenoxy) is 1. The Kier molecular flexibility index (Phi) is 8.01. The minimum atomic E-state index is 0.105. The Balaban J connectivity index is 2.59. The maximum absolute atomic E-state index is 6.29. The van der Waals surface area contributed by atoms with Gasteiger partial charge in [0.25, 0.3) is 0 Å². The van der Waals surface area contributed by atoms with E-state index in [1.807, 2.05) is 0 Å². The first-order valence-electron chi connectivity index (χ1n) is 8.49. The van der Waals surface area contributed by atoms with E-state index < -0.39 is 0 Å². The van der Waals surface area contributed by atoms with E-state index in [1.54, 1.807) is 0 Å². The Morgan fingerprint density at radius 2 is 2.05 bits per heavy atom. The molecule has 1 aliphatic carbocycles. The number of unbranched alkanes of at least 4 members (excludes halogenated alkanes) is 3. The molecule has 0 radical (unpaired) electrons. The van der Waals surface area contributed by atoms with Crippen LogP contribution in [0.2, 0.25) is 0 Å². The molecule has 0 bridgehead atoms. The molecule has 0 spiro atoms. The van der Waals surface area contributed by atoms with Crippen LogP contribution in [0, 0.1) is 5.92 Å². The van der Waals surface area contributed by atoms with E-state index in [9.17, 15) is 0 Å². The van der Waals surface area contributed by atoms with Crippen molar-refractivity contribution in [1.29, 1.82) is 0 Å². The van der Waals surface area contributed by atoms with Gasteiger partial charge in [-0.15, -0.1) is 0 Å². The average Bonchev–Trinajstić information content (AvgIpc) is 2.39. The first-order chi connectivity index (χ1) is 9.18. The van der Waals surface area contributed by atoms with Gasteiger partial charge in [0.05, 0.1) is 5.60 Å². The van der Waals surface area contributed by atoms with Gasteiger partial charge in [-0.1, -0.05) is 52.4 Å². The van der Waals surface area contributed by atoms with Crippen LogP contribution in [0.3, 0.4) is 0 Å². The molecule has 1 fully saturated rings. The maximum Gasteiger partial charge on any atom is 0.0837 e. The fraction of sp³-hybridized carbons (Fsp3) is 1.00. The summed E-state index contributed by atoms with van der Waals surface area (Å²) < 4.78 is 6.29. The van der Waals surface area contributed by atoms with E-state index in [2.05, 4.69) is 33.1 Å². The summed E-state index contributed by atoms with van der Waals surface area (Å²) in [5.74, 6) is 0.812. The van der Waals surface area contributed by atoms with Crippen molar-refractivity contribution in [2.45, 2.75) is 90.2 Å². The highest BCUT2D eigenvalue weighted by molar-refractivity contribution is 4.96. The highest BCUT2D eigenvalue weighted by Gasteiger charge is 2.41. The van der Waals surface area contributed by atoms with Crippen LogP contribution < -0.4 is 5.32 Å². The van der Waals surface area contributed by atoms with E-state index >= 15 is 0 Å². The topological polar surface area (TPSA) is 21.3 Å². The lowest BCUT2D eigenvalue weighted by molar-refractivity contribution is -0.101. The van der Waals surface area contributed by atoms with E-state index in [-0.39, 0.29) is 5.60 Å². The second-order valence-corrected chi connectivity index (χ2v) is 6.39. The Labute approximate surface area is 120 Å². The van der Waals surface area contributed by atoms with Crippen LogP contribution in [0.15, 0.2) is 0 Å². The molecule has 2 heteroatoms. The van der Waals surface area contributed by atoms with Crippen LogP contribution in [0.5, 0.6) is 0 Å². The molecule has 0 saturated heterocycles. The van der Waals surface area contributed by atoms with Crippen molar-refractivity contribution >= 4 is 0 Å². The molecule has 3 unspecified atom stereocenters. The molecule has 1 rings (SSSR count). The van der Waals surface area contributed by atoms with Gasteiger partial charge in [-0.25, -0.2) is 0 Å². The lowest BCUT2D eigenvalue weighted by Crippen LogP contribution is -2.54. The maximum atomic E-state index is 6.29. The van der Waals surface area contributed by atoms with Gasteiger partial charge >= 0.3 is 0 Å². The summed E-state index contributed by atoms with van der Waals surface area (Å²) in [7, 11) is 2.12. The predicted octanol–water partition coefficient (Wildman–Crippen LogP) is 4.53. The molecule has 0 aliphatic heterocycles. The van der Waals surface area contributed by atoms with Gasteiger partial charge in [0.15, 0.2) is 0 Å². The number of nitrogens with one attached hydrogen (secondary N) is 1. The third kappa shape index (κ3) is 5.07. The quantitative estimate of drug-likeness (QED) is 0.621. The Bertz CT molecular complexity index is 227. The second-order valence-electron chi connectivity index (χ2n) is 6.39. The normalized spacial score (nSPS) is 29.4. The average molecular weight is 269 g/mol. The summed E-state index contributed by atoms with van der Waals surface area (Å²) in [6.07, 6.45) is 11.8. The van der Waals surface area contributed by atoms with Crippen LogP contribution in [-0.4, -0.2) is 25.3 Å². The molecule has 0 aromatic carbocycles. The fourth-order valence-corrected chi connectivity index (χ4v) is 3.83. The smallest absolute Gasteiger partial charge is 0.0837 e. The van der Waals surface area contributed by atoms with Gasteiger partial charge in [0.1, 0.15) is 0 Å². The summed E-state index contributed by atoms with van der Waals surface area (Å²) in [6, 6.07) is 0.534. The molecule has 1 aliphatic rings. The van der Waals surface area contributed by atoms with Gasteiger partial charge in [-0.2, -0.15) is 0 Å². The van der Waals surface area contributed by atoms with E-state index in [0.29, 0.717) is 6.04 Å². The van der Waals surface area contributed by atoms with E-state index in [1.165, 1.54) is 57.8 Å². The minimum Gasteiger partial charge on any atom is -0.374 e. The van der Waals surface area contributed by atoms with Gasteiger partial charge in [0, 0.05) is 12.6 Å². The molecule has 0 heterocycles. The molecule has 19 heavy (non-hydrogen) atoms. The summed E-state index contributed by atoms with van der Waals surface area (Å²) in [4.78, 5) is 0. The molecular weight excluding hydrogens is 234 g/mol. The van der Waals surface area contributed by atoms with Crippen molar-refractivity contribution in [2.75, 3.05) is 13.7 Å². The van der Waals surface area contributed by atoms with Crippen LogP contribution in [0.1, 0.15) is 78.6 Å². The minimum absolute atomic E-state index is 0.105. The molecule has 0 aromatic heterocycles. The number of hydrogen-bond acceptors (Lipinski definition) is 2. The van der Waals surface area contributed by atoms with Crippen LogP contribution >= 0.6 is 0 Å². The van der Waals surface area contributed by atoms with Gasteiger partial charge in [-0.3, -0.25) is 0 Å². The molecule has 1 saturated carbocycles. The molecule has 3 atom stereocenters. The van der Waals surface area contributed by atoms with Crippen LogP contribution in [0.4, 0.5) is 0 Å². The van der Waals surface area contributed by atoms with Crippen LogP contribution in [-0.2, 0) is 4.74 Å². The number of hydrogen-bond donors (Lipinski definition) is 1. The van der Waals surface area contributed by atoms with Crippen molar-refractivity contribution in [2.24, 2.45) is 5.92 Å². The van der Waals surface area contributed by atoms with E-state index in [4.69, 9.17) is 4.74 Å². The van der Waals surface area contributed by atoms with Gasteiger partial charge in [-0.05, 0) is 39.2 Å². The third-order valence-corrected chi connectivity index (χ3v) is 4.75. The lowest BCUT2D eigenvalue weighted by atomic mass is 9.73. The Morgan fingerprint density at radius 3 is 2.63 bits per heavy atom. The zero-order chi connectivity index (χ0) is 14.1. The molecule has 114 valence electrons. The summed E-state index contributed by atoms with van der Waals surface area (Å²) in [5, 5.41) is 3.57. The third-order valence-electron chi connectivity index (χ3n) is 4.75. The second kappa shape index (κ2) is 8.97. The SMILES string of the molecule is CCCCCCC(NC)C1(OCC)CCCC(C)C1. The lowest BCUT2D eigenvalue weighted by Gasteiger charge is -2.45.